The van der Waals surface area contributed by atoms with E-state index in [0.29, 0.717) is 0 Å². The van der Waals surface area contributed by atoms with Crippen molar-refractivity contribution in [2.24, 2.45) is 0 Å². The molecule has 28 heavy (non-hydrogen) atoms. The highest BCUT2D eigenvalue weighted by molar-refractivity contribution is 8.03. The minimum Gasteiger partial charge on any atom is -0.165 e. The number of thioether (sulfide) groups is 4. The maximum Gasteiger partial charge on any atom is 0.00724 e. The van der Waals surface area contributed by atoms with Gasteiger partial charge in [0.1, 0.15) is 0 Å². The van der Waals surface area contributed by atoms with Crippen LogP contribution in [0.15, 0.2) is 58.3 Å². The zero-order valence-electron chi connectivity index (χ0n) is 17.3. The Morgan fingerprint density at radius 2 is 0.893 bits per heavy atom. The molecule has 0 fully saturated rings. The van der Waals surface area contributed by atoms with Crippen LogP contribution < -0.4 is 0 Å². The van der Waals surface area contributed by atoms with Gasteiger partial charge >= 0.3 is 0 Å². The second-order valence-corrected chi connectivity index (χ2v) is 11.2. The fourth-order valence-corrected chi connectivity index (χ4v) is 6.13. The molecule has 0 saturated heterocycles. The van der Waals surface area contributed by atoms with E-state index in [0.717, 1.165) is 0 Å². The Hall–Kier alpha value is -0.160. The van der Waals surface area contributed by atoms with Crippen LogP contribution in [0.5, 0.6) is 0 Å². The Morgan fingerprint density at radius 3 is 1.25 bits per heavy atom. The van der Waals surface area contributed by atoms with E-state index in [1.165, 1.54) is 82.5 Å². The van der Waals surface area contributed by atoms with Crippen LogP contribution in [0.2, 0.25) is 0 Å². The molecule has 0 aliphatic heterocycles. The largest absolute Gasteiger partial charge is 0.165 e. The van der Waals surface area contributed by atoms with Crippen molar-refractivity contribution < 1.29 is 0 Å². The smallest absolute Gasteiger partial charge is 0.00724 e. The highest BCUT2D eigenvalue weighted by atomic mass is 32.2. The van der Waals surface area contributed by atoms with Gasteiger partial charge in [0, 0.05) is 32.8 Å². The van der Waals surface area contributed by atoms with Crippen molar-refractivity contribution in [2.45, 2.75) is 48.3 Å². The first kappa shape index (κ1) is 24.1. The van der Waals surface area contributed by atoms with Crippen LogP contribution in [-0.2, 0) is 12.8 Å². The summed E-state index contributed by atoms with van der Waals surface area (Å²) in [6, 6.07) is 18.5. The van der Waals surface area contributed by atoms with Crippen molar-refractivity contribution in [3.05, 3.63) is 59.7 Å². The first-order chi connectivity index (χ1) is 13.8. The summed E-state index contributed by atoms with van der Waals surface area (Å²) < 4.78 is 0. The molecule has 0 bridgehead atoms. The average molecular weight is 451 g/mol. The third kappa shape index (κ3) is 10.6. The van der Waals surface area contributed by atoms with E-state index in [-0.39, 0.29) is 0 Å². The van der Waals surface area contributed by atoms with E-state index in [9.17, 15) is 0 Å². The summed E-state index contributed by atoms with van der Waals surface area (Å²) in [5.74, 6) is 4.88. The molecule has 0 spiro atoms. The normalized spacial score (nSPS) is 11.1. The van der Waals surface area contributed by atoms with Gasteiger partial charge in [-0.15, -0.1) is 23.5 Å². The van der Waals surface area contributed by atoms with Crippen molar-refractivity contribution in [3.8, 4) is 0 Å². The molecule has 0 amide bonds. The summed E-state index contributed by atoms with van der Waals surface area (Å²) >= 11 is 7.78. The highest BCUT2D eigenvalue weighted by Crippen LogP contribution is 2.21. The quantitative estimate of drug-likeness (QED) is 0.199. The molecule has 0 unspecified atom stereocenters. The van der Waals surface area contributed by atoms with Crippen LogP contribution in [0, 0.1) is 0 Å². The Balaban J connectivity index is 1.54. The Morgan fingerprint density at radius 1 is 0.500 bits per heavy atom. The fraction of sp³-hybridized carbons (Fsp3) is 0.500. The lowest BCUT2D eigenvalue weighted by Gasteiger charge is -2.06. The number of benzene rings is 2. The summed E-state index contributed by atoms with van der Waals surface area (Å²) in [5.41, 5.74) is 2.98. The van der Waals surface area contributed by atoms with Gasteiger partial charge in [-0.2, -0.15) is 23.5 Å². The predicted octanol–water partition coefficient (Wildman–Crippen LogP) is 7.94. The maximum atomic E-state index is 2.32. The second-order valence-electron chi connectivity index (χ2n) is 6.88. The maximum absolute atomic E-state index is 2.32. The molecule has 0 atom stereocenters. The number of hydrogen-bond acceptors (Lipinski definition) is 4. The minimum atomic E-state index is 1.21. The van der Waals surface area contributed by atoms with Crippen molar-refractivity contribution in [1.82, 2.24) is 0 Å². The molecule has 2 aromatic carbocycles. The molecule has 0 N–H and O–H groups in total. The molecular weight excluding hydrogens is 417 g/mol. The van der Waals surface area contributed by atoms with Crippen molar-refractivity contribution in [3.63, 3.8) is 0 Å². The third-order valence-corrected chi connectivity index (χ3v) is 8.41. The summed E-state index contributed by atoms with van der Waals surface area (Å²) in [4.78, 5) is 2.82. The zero-order valence-corrected chi connectivity index (χ0v) is 20.6. The summed E-state index contributed by atoms with van der Waals surface area (Å²) in [5, 5.41) is 0. The zero-order chi connectivity index (χ0) is 19.9. The lowest BCUT2D eigenvalue weighted by Crippen LogP contribution is -1.89. The van der Waals surface area contributed by atoms with Gasteiger partial charge in [0.2, 0.25) is 0 Å². The molecular formula is C24H34S4. The van der Waals surface area contributed by atoms with Gasteiger partial charge in [-0.3, -0.25) is 0 Å². The van der Waals surface area contributed by atoms with E-state index in [1.807, 2.05) is 47.0 Å². The molecule has 4 heteroatoms. The van der Waals surface area contributed by atoms with Gasteiger partial charge in [-0.1, -0.05) is 37.1 Å². The van der Waals surface area contributed by atoms with Gasteiger partial charge in [-0.25, -0.2) is 0 Å². The average Bonchev–Trinajstić information content (AvgIpc) is 2.73. The van der Waals surface area contributed by atoms with Crippen LogP contribution in [0.1, 0.15) is 36.8 Å². The van der Waals surface area contributed by atoms with Crippen LogP contribution in [0.4, 0.5) is 0 Å². The Labute approximate surface area is 189 Å². The number of aryl methyl sites for hydroxylation is 2. The van der Waals surface area contributed by atoms with Gasteiger partial charge in [-0.05, 0) is 73.6 Å². The van der Waals surface area contributed by atoms with E-state index >= 15 is 0 Å². The first-order valence-corrected chi connectivity index (χ1v) is 15.0. The van der Waals surface area contributed by atoms with Crippen molar-refractivity contribution in [1.29, 1.82) is 0 Å². The van der Waals surface area contributed by atoms with E-state index in [2.05, 4.69) is 61.0 Å². The first-order valence-electron chi connectivity index (χ1n) is 10.2. The lowest BCUT2D eigenvalue weighted by molar-refractivity contribution is 0.640. The molecule has 0 aliphatic rings. The standard InChI is InChI=1S/C24H34S4/c1-25-17-19-27-23-13-9-21(10-14-23)7-5-3-4-6-8-22-11-15-24(16-12-22)28-20-18-26-2/h9-16H,3-8,17-20H2,1-2H3. The van der Waals surface area contributed by atoms with Crippen molar-refractivity contribution in [2.75, 3.05) is 35.5 Å². The molecule has 0 heterocycles. The summed E-state index contributed by atoms with van der Waals surface area (Å²) in [7, 11) is 0. The fourth-order valence-electron chi connectivity index (χ4n) is 3.00. The van der Waals surface area contributed by atoms with Gasteiger partial charge < -0.3 is 0 Å². The molecule has 0 nitrogen and oxygen atoms in total. The van der Waals surface area contributed by atoms with E-state index < -0.39 is 0 Å². The summed E-state index contributed by atoms with van der Waals surface area (Å²) in [6.07, 6.45) is 12.1. The summed E-state index contributed by atoms with van der Waals surface area (Å²) in [6.45, 7) is 0. The van der Waals surface area contributed by atoms with E-state index in [4.69, 9.17) is 0 Å². The molecule has 2 rings (SSSR count). The van der Waals surface area contributed by atoms with Gasteiger partial charge in [0.25, 0.3) is 0 Å². The molecule has 0 saturated carbocycles. The van der Waals surface area contributed by atoms with Crippen molar-refractivity contribution >= 4 is 47.0 Å². The van der Waals surface area contributed by atoms with Crippen LogP contribution in [-0.4, -0.2) is 35.5 Å². The molecule has 0 aromatic heterocycles. The molecule has 2 aromatic rings. The SMILES string of the molecule is CSCCSc1ccc(CCCCCCc2ccc(SCCSC)cc2)cc1. The van der Waals surface area contributed by atoms with Crippen LogP contribution >= 0.6 is 47.0 Å². The number of unbranched alkanes of at least 4 members (excludes halogenated alkanes) is 3. The second kappa shape index (κ2) is 15.6. The van der Waals surface area contributed by atoms with Crippen LogP contribution in [0.3, 0.4) is 0 Å². The Kier molecular flexibility index (Phi) is 13.5. The monoisotopic (exact) mass is 450 g/mol. The minimum absolute atomic E-state index is 1.21. The van der Waals surface area contributed by atoms with E-state index in [1.54, 1.807) is 0 Å². The highest BCUT2D eigenvalue weighted by Gasteiger charge is 1.99. The lowest BCUT2D eigenvalue weighted by atomic mass is 10.0. The third-order valence-electron chi connectivity index (χ3n) is 4.64. The van der Waals surface area contributed by atoms with Gasteiger partial charge in [0.15, 0.2) is 0 Å². The number of hydrogen-bond donors (Lipinski definition) is 0. The molecule has 0 aliphatic carbocycles. The van der Waals surface area contributed by atoms with Gasteiger partial charge in [0.05, 0.1) is 0 Å². The number of rotatable bonds is 15. The Bertz CT molecular complexity index is 565. The molecule has 0 radical (unpaired) electrons. The topological polar surface area (TPSA) is 0 Å². The molecule has 154 valence electrons. The predicted molar refractivity (Wildman–Crippen MR) is 137 cm³/mol. The van der Waals surface area contributed by atoms with Crippen LogP contribution in [0.25, 0.3) is 0 Å².